The number of ether oxygens (including phenoxy) is 1. The van der Waals surface area contributed by atoms with E-state index in [1.54, 1.807) is 6.20 Å². The number of carbonyl (C=O) groups is 1. The average molecular weight is 287 g/mol. The fourth-order valence-corrected chi connectivity index (χ4v) is 2.08. The van der Waals surface area contributed by atoms with Crippen LogP contribution in [-0.2, 0) is 16.1 Å². The van der Waals surface area contributed by atoms with Crippen LogP contribution in [0, 0.1) is 0 Å². The second-order valence-corrected chi connectivity index (χ2v) is 4.91. The number of carbonyl (C=O) groups excluding carboxylic acids is 1. The van der Waals surface area contributed by atoms with E-state index in [1.165, 1.54) is 5.56 Å². The molecule has 0 saturated heterocycles. The number of aromatic nitrogens is 2. The van der Waals surface area contributed by atoms with Crippen molar-refractivity contribution < 1.29 is 9.53 Å². The van der Waals surface area contributed by atoms with Crippen molar-refractivity contribution in [3.05, 3.63) is 48.3 Å². The Labute approximate surface area is 125 Å². The molecule has 0 atom stereocenters. The number of esters is 1. The fourth-order valence-electron chi connectivity index (χ4n) is 2.08. The van der Waals surface area contributed by atoms with Gasteiger partial charge >= 0.3 is 5.97 Å². The van der Waals surface area contributed by atoms with Gasteiger partial charge in [0.15, 0.2) is 0 Å². The summed E-state index contributed by atoms with van der Waals surface area (Å²) in [6.07, 6.45) is 4.10. The Morgan fingerprint density at radius 3 is 2.71 bits per heavy atom. The van der Waals surface area contributed by atoms with Crippen LogP contribution in [0.4, 0.5) is 0 Å². The van der Waals surface area contributed by atoms with E-state index in [4.69, 9.17) is 4.74 Å². The average Bonchev–Trinajstić information content (AvgIpc) is 3.00. The molecule has 1 heterocycles. The van der Waals surface area contributed by atoms with Gasteiger partial charge in [-0.1, -0.05) is 12.1 Å². The van der Waals surface area contributed by atoms with E-state index < -0.39 is 0 Å². The van der Waals surface area contributed by atoms with E-state index >= 15 is 0 Å². The standard InChI is InChI=1S/C16H21N3O2/c1-3-21-16(20)9-12-18(2)13-14-5-7-15(8-6-14)19-11-4-10-17-19/h4-8,10-11H,3,9,12-13H2,1-2H3. The van der Waals surface area contributed by atoms with Crippen molar-refractivity contribution in [2.24, 2.45) is 0 Å². The van der Waals surface area contributed by atoms with Crippen molar-refractivity contribution in [2.45, 2.75) is 19.9 Å². The first-order valence-electron chi connectivity index (χ1n) is 7.12. The Morgan fingerprint density at radius 1 is 1.33 bits per heavy atom. The maximum absolute atomic E-state index is 11.3. The molecule has 2 rings (SSSR count). The molecule has 2 aromatic rings. The minimum absolute atomic E-state index is 0.140. The Morgan fingerprint density at radius 2 is 2.10 bits per heavy atom. The lowest BCUT2D eigenvalue weighted by Crippen LogP contribution is -2.22. The molecule has 0 spiro atoms. The molecule has 1 aromatic carbocycles. The first kappa shape index (κ1) is 15.3. The summed E-state index contributed by atoms with van der Waals surface area (Å²) >= 11 is 0. The minimum atomic E-state index is -0.140. The third kappa shape index (κ3) is 4.72. The van der Waals surface area contributed by atoms with Crippen LogP contribution in [0.3, 0.4) is 0 Å². The lowest BCUT2D eigenvalue weighted by molar-refractivity contribution is -0.143. The normalized spacial score (nSPS) is 10.8. The highest BCUT2D eigenvalue weighted by atomic mass is 16.5. The van der Waals surface area contributed by atoms with Gasteiger partial charge in [-0.3, -0.25) is 4.79 Å². The van der Waals surface area contributed by atoms with Crippen LogP contribution in [0.1, 0.15) is 18.9 Å². The molecule has 112 valence electrons. The second-order valence-electron chi connectivity index (χ2n) is 4.91. The van der Waals surface area contributed by atoms with E-state index in [9.17, 15) is 4.79 Å². The highest BCUT2D eigenvalue weighted by Gasteiger charge is 2.06. The molecule has 1 aromatic heterocycles. The summed E-state index contributed by atoms with van der Waals surface area (Å²) in [4.78, 5) is 13.4. The van der Waals surface area contributed by atoms with E-state index in [0.29, 0.717) is 19.6 Å². The number of nitrogens with zero attached hydrogens (tertiary/aromatic N) is 3. The van der Waals surface area contributed by atoms with Crippen molar-refractivity contribution in [3.8, 4) is 5.69 Å². The molecule has 0 radical (unpaired) electrons. The molecule has 0 N–H and O–H groups in total. The monoisotopic (exact) mass is 287 g/mol. The second kappa shape index (κ2) is 7.59. The van der Waals surface area contributed by atoms with E-state index in [-0.39, 0.29) is 5.97 Å². The molecule has 0 aliphatic rings. The van der Waals surface area contributed by atoms with Gasteiger partial charge in [0.2, 0.25) is 0 Å². The van der Waals surface area contributed by atoms with Gasteiger partial charge in [0, 0.05) is 25.5 Å². The van der Waals surface area contributed by atoms with Crippen molar-refractivity contribution in [1.82, 2.24) is 14.7 Å². The molecule has 5 nitrogen and oxygen atoms in total. The maximum atomic E-state index is 11.3. The van der Waals surface area contributed by atoms with Crippen molar-refractivity contribution in [2.75, 3.05) is 20.2 Å². The number of benzene rings is 1. The van der Waals surface area contributed by atoms with Crippen LogP contribution >= 0.6 is 0 Å². The Hall–Kier alpha value is -2.14. The zero-order chi connectivity index (χ0) is 15.1. The summed E-state index contributed by atoms with van der Waals surface area (Å²) in [7, 11) is 2.00. The molecular weight excluding hydrogens is 266 g/mol. The van der Waals surface area contributed by atoms with Gasteiger partial charge in [-0.05, 0) is 37.7 Å². The van der Waals surface area contributed by atoms with Gasteiger partial charge in [0.1, 0.15) is 0 Å². The first-order valence-corrected chi connectivity index (χ1v) is 7.12. The van der Waals surface area contributed by atoms with Crippen LogP contribution in [0.2, 0.25) is 0 Å². The molecule has 0 amide bonds. The zero-order valence-electron chi connectivity index (χ0n) is 12.5. The third-order valence-corrected chi connectivity index (χ3v) is 3.16. The molecule has 21 heavy (non-hydrogen) atoms. The quantitative estimate of drug-likeness (QED) is 0.733. The largest absolute Gasteiger partial charge is 0.466 e. The Balaban J connectivity index is 1.84. The predicted octanol–water partition coefficient (Wildman–Crippen LogP) is 2.26. The molecule has 0 bridgehead atoms. The predicted molar refractivity (Wildman–Crippen MR) is 81.1 cm³/mol. The lowest BCUT2D eigenvalue weighted by atomic mass is 10.2. The van der Waals surface area contributed by atoms with E-state index in [1.807, 2.05) is 43.0 Å². The molecule has 0 aliphatic heterocycles. The van der Waals surface area contributed by atoms with Crippen molar-refractivity contribution in [1.29, 1.82) is 0 Å². The van der Waals surface area contributed by atoms with Gasteiger partial charge in [-0.2, -0.15) is 5.10 Å². The Kier molecular flexibility index (Phi) is 5.51. The first-order chi connectivity index (χ1) is 10.2. The molecular formula is C16H21N3O2. The molecule has 5 heteroatoms. The minimum Gasteiger partial charge on any atom is -0.466 e. The van der Waals surface area contributed by atoms with Crippen LogP contribution in [-0.4, -0.2) is 40.8 Å². The Bertz CT molecular complexity index is 549. The maximum Gasteiger partial charge on any atom is 0.307 e. The molecule has 0 saturated carbocycles. The number of hydrogen-bond donors (Lipinski definition) is 0. The van der Waals surface area contributed by atoms with Gasteiger partial charge in [0.05, 0.1) is 18.7 Å². The van der Waals surface area contributed by atoms with Gasteiger partial charge in [0.25, 0.3) is 0 Å². The smallest absolute Gasteiger partial charge is 0.307 e. The lowest BCUT2D eigenvalue weighted by Gasteiger charge is -2.16. The number of rotatable bonds is 7. The third-order valence-electron chi connectivity index (χ3n) is 3.16. The van der Waals surface area contributed by atoms with Crippen LogP contribution in [0.15, 0.2) is 42.7 Å². The molecule has 0 aliphatic carbocycles. The summed E-state index contributed by atoms with van der Waals surface area (Å²) < 4.78 is 6.75. The van der Waals surface area contributed by atoms with Crippen molar-refractivity contribution in [3.63, 3.8) is 0 Å². The van der Waals surface area contributed by atoms with Gasteiger partial charge in [-0.15, -0.1) is 0 Å². The number of hydrogen-bond acceptors (Lipinski definition) is 4. The summed E-state index contributed by atoms with van der Waals surface area (Å²) in [5.74, 6) is -0.140. The zero-order valence-corrected chi connectivity index (χ0v) is 12.5. The molecule has 0 unspecified atom stereocenters. The van der Waals surface area contributed by atoms with Gasteiger partial charge < -0.3 is 9.64 Å². The topological polar surface area (TPSA) is 47.4 Å². The molecule has 0 fully saturated rings. The summed E-state index contributed by atoms with van der Waals surface area (Å²) in [5.41, 5.74) is 2.25. The summed E-state index contributed by atoms with van der Waals surface area (Å²) in [5, 5.41) is 4.20. The fraction of sp³-hybridized carbons (Fsp3) is 0.375. The van der Waals surface area contributed by atoms with Crippen LogP contribution in [0.5, 0.6) is 0 Å². The van der Waals surface area contributed by atoms with Gasteiger partial charge in [-0.25, -0.2) is 4.68 Å². The van der Waals surface area contributed by atoms with E-state index in [0.717, 1.165) is 12.2 Å². The van der Waals surface area contributed by atoms with Crippen LogP contribution in [0.25, 0.3) is 5.69 Å². The van der Waals surface area contributed by atoms with Crippen molar-refractivity contribution >= 4 is 5.97 Å². The highest BCUT2D eigenvalue weighted by molar-refractivity contribution is 5.69. The summed E-state index contributed by atoms with van der Waals surface area (Å²) in [6, 6.07) is 10.1. The van der Waals surface area contributed by atoms with Crippen LogP contribution < -0.4 is 0 Å². The van der Waals surface area contributed by atoms with E-state index in [2.05, 4.69) is 22.1 Å². The highest BCUT2D eigenvalue weighted by Crippen LogP contribution is 2.10. The summed E-state index contributed by atoms with van der Waals surface area (Å²) in [6.45, 7) is 3.76. The SMILES string of the molecule is CCOC(=O)CCN(C)Cc1ccc(-n2cccn2)cc1.